The van der Waals surface area contributed by atoms with Crippen molar-refractivity contribution in [2.45, 2.75) is 31.3 Å². The third-order valence-electron chi connectivity index (χ3n) is 2.87. The fourth-order valence-electron chi connectivity index (χ4n) is 1.90. The summed E-state index contributed by atoms with van der Waals surface area (Å²) in [5.74, 6) is -0.661. The van der Waals surface area contributed by atoms with E-state index in [0.717, 1.165) is 12.8 Å². The van der Waals surface area contributed by atoms with Gasteiger partial charge < -0.3 is 5.32 Å². The van der Waals surface area contributed by atoms with E-state index < -0.39 is 16.1 Å². The number of likely N-dealkylation sites (tertiary alicyclic amines) is 1. The maximum absolute atomic E-state index is 11.8. The van der Waals surface area contributed by atoms with Crippen LogP contribution in [-0.4, -0.2) is 49.5 Å². The fraction of sp³-hybridized carbons (Fsp3) is 0.778. The third kappa shape index (κ3) is 3.02. The van der Waals surface area contributed by atoms with Crippen molar-refractivity contribution < 1.29 is 18.0 Å². The van der Waals surface area contributed by atoms with Crippen LogP contribution < -0.4 is 10.5 Å². The minimum atomic E-state index is -3.54. The zero-order valence-electron chi connectivity index (χ0n) is 9.26. The summed E-state index contributed by atoms with van der Waals surface area (Å²) in [6.07, 6.45) is 1.86. The summed E-state index contributed by atoms with van der Waals surface area (Å²) < 4.78 is 21.4. The van der Waals surface area contributed by atoms with Crippen LogP contribution in [0.25, 0.3) is 0 Å². The maximum Gasteiger partial charge on any atom is 0.247 e. The Balaban J connectivity index is 1.86. The number of amides is 2. The lowest BCUT2D eigenvalue weighted by Crippen LogP contribution is -2.41. The van der Waals surface area contributed by atoms with Crippen molar-refractivity contribution in [3.63, 3.8) is 0 Å². The van der Waals surface area contributed by atoms with Gasteiger partial charge in [-0.05, 0) is 12.8 Å². The number of sulfonamides is 1. The van der Waals surface area contributed by atoms with Crippen LogP contribution in [0.4, 0.5) is 0 Å². The van der Waals surface area contributed by atoms with Gasteiger partial charge in [-0.3, -0.25) is 14.5 Å². The van der Waals surface area contributed by atoms with E-state index in [4.69, 9.17) is 5.14 Å². The van der Waals surface area contributed by atoms with Gasteiger partial charge in [0.05, 0.1) is 18.2 Å². The van der Waals surface area contributed by atoms with Crippen LogP contribution in [0.5, 0.6) is 0 Å². The highest BCUT2D eigenvalue weighted by Crippen LogP contribution is 2.31. The monoisotopic (exact) mass is 261 g/mol. The second-order valence-electron chi connectivity index (χ2n) is 4.41. The molecule has 1 unspecified atom stereocenters. The molecule has 0 bridgehead atoms. The third-order valence-corrected chi connectivity index (χ3v) is 3.65. The molecule has 0 radical (unpaired) electrons. The molecule has 3 N–H and O–H groups in total. The Morgan fingerprint density at radius 3 is 2.53 bits per heavy atom. The number of nitrogens with zero attached hydrogens (tertiary/aromatic N) is 1. The lowest BCUT2D eigenvalue weighted by Gasteiger charge is -2.14. The van der Waals surface area contributed by atoms with Crippen molar-refractivity contribution in [1.82, 2.24) is 10.2 Å². The van der Waals surface area contributed by atoms with Crippen LogP contribution in [0.15, 0.2) is 0 Å². The number of hydrogen-bond acceptors (Lipinski definition) is 5. The Bertz CT molecular complexity index is 443. The van der Waals surface area contributed by atoms with Gasteiger partial charge in [0.1, 0.15) is 0 Å². The summed E-state index contributed by atoms with van der Waals surface area (Å²) in [5.41, 5.74) is 0. The molecule has 8 heteroatoms. The van der Waals surface area contributed by atoms with Gasteiger partial charge in [-0.1, -0.05) is 0 Å². The molecule has 1 aliphatic carbocycles. The molecule has 1 saturated heterocycles. The minimum absolute atomic E-state index is 0.0695. The molecular weight excluding hydrogens is 246 g/mol. The molecule has 0 aromatic carbocycles. The lowest BCUT2D eigenvalue weighted by molar-refractivity contribution is -0.139. The van der Waals surface area contributed by atoms with Crippen LogP contribution in [-0.2, 0) is 19.6 Å². The zero-order valence-corrected chi connectivity index (χ0v) is 10.1. The van der Waals surface area contributed by atoms with E-state index in [9.17, 15) is 18.0 Å². The van der Waals surface area contributed by atoms with E-state index in [2.05, 4.69) is 5.32 Å². The number of nitrogens with one attached hydrogen (secondary N) is 1. The smallest absolute Gasteiger partial charge is 0.247 e. The number of imide groups is 1. The first-order valence-electron chi connectivity index (χ1n) is 5.48. The Morgan fingerprint density at radius 1 is 1.35 bits per heavy atom. The molecule has 2 rings (SSSR count). The fourth-order valence-corrected chi connectivity index (χ4v) is 2.30. The van der Waals surface area contributed by atoms with Crippen molar-refractivity contribution in [3.8, 4) is 0 Å². The predicted molar refractivity (Wildman–Crippen MR) is 59.3 cm³/mol. The summed E-state index contributed by atoms with van der Waals surface area (Å²) in [7, 11) is -3.54. The summed E-state index contributed by atoms with van der Waals surface area (Å²) in [5, 5.41) is 7.60. The lowest BCUT2D eigenvalue weighted by atomic mass is 10.2. The van der Waals surface area contributed by atoms with E-state index in [1.54, 1.807) is 0 Å². The second-order valence-corrected chi connectivity index (χ2v) is 6.14. The average molecular weight is 261 g/mol. The molecule has 7 nitrogen and oxygen atoms in total. The number of carbonyl (C=O) groups is 2. The molecule has 0 spiro atoms. The van der Waals surface area contributed by atoms with E-state index in [0.29, 0.717) is 0 Å². The highest BCUT2D eigenvalue weighted by molar-refractivity contribution is 7.89. The first kappa shape index (κ1) is 12.5. The van der Waals surface area contributed by atoms with Gasteiger partial charge in [-0.25, -0.2) is 13.6 Å². The Hall–Kier alpha value is -0.990. The SMILES string of the molecule is NS(=O)(=O)CCNC1CC(=O)N(C2CC2)C1=O. The maximum atomic E-state index is 11.8. The number of carbonyl (C=O) groups excluding carboxylic acids is 2. The molecule has 0 aromatic rings. The standard InChI is InChI=1S/C9H15N3O4S/c10-17(15,16)4-3-11-7-5-8(13)12(9(7)14)6-1-2-6/h6-7,11H,1-5H2,(H2,10,15,16). The minimum Gasteiger partial charge on any atom is -0.304 e. The number of hydrogen-bond donors (Lipinski definition) is 2. The van der Waals surface area contributed by atoms with Gasteiger partial charge in [-0.15, -0.1) is 0 Å². The largest absolute Gasteiger partial charge is 0.304 e. The van der Waals surface area contributed by atoms with Crippen LogP contribution >= 0.6 is 0 Å². The van der Waals surface area contributed by atoms with Gasteiger partial charge in [-0.2, -0.15) is 0 Å². The molecule has 96 valence electrons. The first-order chi connectivity index (χ1) is 7.88. The van der Waals surface area contributed by atoms with E-state index in [1.807, 2.05) is 0 Å². The Kier molecular flexibility index (Phi) is 3.19. The normalized spacial score (nSPS) is 25.7. The van der Waals surface area contributed by atoms with E-state index in [1.165, 1.54) is 4.90 Å². The van der Waals surface area contributed by atoms with Crippen molar-refractivity contribution in [1.29, 1.82) is 0 Å². The van der Waals surface area contributed by atoms with E-state index >= 15 is 0 Å². The van der Waals surface area contributed by atoms with Gasteiger partial charge >= 0.3 is 0 Å². The molecule has 1 aliphatic heterocycles. The quantitative estimate of drug-likeness (QED) is 0.565. The topological polar surface area (TPSA) is 110 Å². The van der Waals surface area contributed by atoms with Crippen molar-refractivity contribution in [2.24, 2.45) is 5.14 Å². The molecular formula is C9H15N3O4S. The molecule has 1 heterocycles. The summed E-state index contributed by atoms with van der Waals surface area (Å²) in [6, 6.07) is -0.523. The molecule has 1 atom stereocenters. The molecule has 2 amide bonds. The highest BCUT2D eigenvalue weighted by Gasteiger charge is 2.45. The summed E-state index contributed by atoms with van der Waals surface area (Å²) in [6.45, 7) is 0.0844. The zero-order chi connectivity index (χ0) is 12.6. The predicted octanol–water partition coefficient (Wildman–Crippen LogP) is -1.85. The Morgan fingerprint density at radius 2 is 2.00 bits per heavy atom. The van der Waals surface area contributed by atoms with Crippen LogP contribution in [0.1, 0.15) is 19.3 Å². The van der Waals surface area contributed by atoms with Crippen molar-refractivity contribution in [2.75, 3.05) is 12.3 Å². The molecule has 2 fully saturated rings. The molecule has 17 heavy (non-hydrogen) atoms. The average Bonchev–Trinajstić information content (AvgIpc) is 2.95. The van der Waals surface area contributed by atoms with Gasteiger partial charge in [0.2, 0.25) is 21.8 Å². The van der Waals surface area contributed by atoms with Crippen molar-refractivity contribution in [3.05, 3.63) is 0 Å². The van der Waals surface area contributed by atoms with Crippen LogP contribution in [0, 0.1) is 0 Å². The van der Waals surface area contributed by atoms with Crippen LogP contribution in [0.2, 0.25) is 0 Å². The Labute approximate surface area is 99.4 Å². The van der Waals surface area contributed by atoms with Gasteiger partial charge in [0.25, 0.3) is 0 Å². The number of nitrogens with two attached hydrogens (primary N) is 1. The number of primary sulfonamides is 1. The first-order valence-corrected chi connectivity index (χ1v) is 7.20. The molecule has 1 saturated carbocycles. The summed E-state index contributed by atoms with van der Waals surface area (Å²) in [4.78, 5) is 24.7. The van der Waals surface area contributed by atoms with Crippen molar-refractivity contribution >= 4 is 21.8 Å². The van der Waals surface area contributed by atoms with Crippen LogP contribution in [0.3, 0.4) is 0 Å². The molecule has 0 aromatic heterocycles. The highest BCUT2D eigenvalue weighted by atomic mass is 32.2. The van der Waals surface area contributed by atoms with Gasteiger partial charge in [0, 0.05) is 12.6 Å². The van der Waals surface area contributed by atoms with E-state index in [-0.39, 0.29) is 36.6 Å². The number of rotatable bonds is 5. The molecule has 2 aliphatic rings. The second kappa shape index (κ2) is 4.35. The van der Waals surface area contributed by atoms with Gasteiger partial charge in [0.15, 0.2) is 0 Å². The summed E-state index contributed by atoms with van der Waals surface area (Å²) >= 11 is 0.